The van der Waals surface area contributed by atoms with Gasteiger partial charge in [0.25, 0.3) is 0 Å². The Bertz CT molecular complexity index is 547. The number of hydrogen-bond donors (Lipinski definition) is 1. The predicted octanol–water partition coefficient (Wildman–Crippen LogP) is 3.14. The van der Waals surface area contributed by atoms with Crippen molar-refractivity contribution in [1.29, 1.82) is 0 Å². The van der Waals surface area contributed by atoms with Gasteiger partial charge in [0.05, 0.1) is 6.61 Å². The maximum absolute atomic E-state index is 9.72. The van der Waals surface area contributed by atoms with Gasteiger partial charge in [0.15, 0.2) is 0 Å². The molecule has 0 radical (unpaired) electrons. The molecule has 1 aromatic carbocycles. The van der Waals surface area contributed by atoms with Gasteiger partial charge in [-0.2, -0.15) is 11.3 Å². The van der Waals surface area contributed by atoms with Gasteiger partial charge in [-0.1, -0.05) is 25.0 Å². The summed E-state index contributed by atoms with van der Waals surface area (Å²) in [5.74, 6) is 0.797. The van der Waals surface area contributed by atoms with Crippen LogP contribution >= 0.6 is 11.3 Å². The lowest BCUT2D eigenvalue weighted by Gasteiger charge is -2.08. The third-order valence-electron chi connectivity index (χ3n) is 2.76. The Morgan fingerprint density at radius 3 is 2.68 bits per heavy atom. The van der Waals surface area contributed by atoms with E-state index in [2.05, 4.69) is 22.9 Å². The van der Waals surface area contributed by atoms with E-state index in [-0.39, 0.29) is 0 Å². The number of hydrogen-bond acceptors (Lipinski definition) is 3. The molecule has 0 unspecified atom stereocenters. The fourth-order valence-corrected chi connectivity index (χ4v) is 2.42. The number of ether oxygens (including phenoxy) is 1. The average Bonchev–Trinajstić information content (AvgIpc) is 2.89. The maximum Gasteiger partial charge on any atom is 0.320 e. The summed E-state index contributed by atoms with van der Waals surface area (Å²) in [7, 11) is 0. The first-order chi connectivity index (χ1) is 9.19. The van der Waals surface area contributed by atoms with Crippen LogP contribution < -0.4 is 10.2 Å². The summed E-state index contributed by atoms with van der Waals surface area (Å²) < 4.78 is 5.53. The van der Waals surface area contributed by atoms with E-state index < -0.39 is 6.92 Å². The highest BCUT2D eigenvalue weighted by Gasteiger charge is 2.09. The summed E-state index contributed by atoms with van der Waals surface area (Å²) in [5, 5.41) is 13.9. The first kappa shape index (κ1) is 13.9. The van der Waals surface area contributed by atoms with Gasteiger partial charge >= 0.3 is 6.92 Å². The van der Waals surface area contributed by atoms with Crippen LogP contribution in [0.3, 0.4) is 0 Å². The summed E-state index contributed by atoms with van der Waals surface area (Å²) >= 11 is 1.68. The van der Waals surface area contributed by atoms with Crippen molar-refractivity contribution in [3.63, 3.8) is 0 Å². The zero-order valence-electron chi connectivity index (χ0n) is 11.2. The molecule has 19 heavy (non-hydrogen) atoms. The van der Waals surface area contributed by atoms with Gasteiger partial charge in [-0.05, 0) is 52.5 Å². The molecule has 0 spiro atoms. The standard InChI is InChI=1S/C15H17BO2S/c1-3-18-15-9-13(8-14(10-15)16(2)17)5-4-12-6-7-19-11-12/h4-11,17H,3H2,1-2H3/b5-4+. The Hall–Kier alpha value is -1.52. The Balaban J connectivity index is 2.28. The van der Waals surface area contributed by atoms with E-state index >= 15 is 0 Å². The normalized spacial score (nSPS) is 10.9. The molecular weight excluding hydrogens is 255 g/mol. The van der Waals surface area contributed by atoms with Gasteiger partial charge in [-0.3, -0.25) is 0 Å². The van der Waals surface area contributed by atoms with E-state index in [4.69, 9.17) is 4.74 Å². The highest BCUT2D eigenvalue weighted by molar-refractivity contribution is 7.08. The number of rotatable bonds is 5. The molecule has 0 atom stereocenters. The van der Waals surface area contributed by atoms with Crippen LogP contribution in [0.1, 0.15) is 18.1 Å². The van der Waals surface area contributed by atoms with Crippen LogP contribution in [0.5, 0.6) is 5.75 Å². The van der Waals surface area contributed by atoms with Crippen LogP contribution in [-0.4, -0.2) is 18.5 Å². The molecule has 98 valence electrons. The highest BCUT2D eigenvalue weighted by Crippen LogP contribution is 2.16. The monoisotopic (exact) mass is 272 g/mol. The van der Waals surface area contributed by atoms with E-state index in [0.717, 1.165) is 16.8 Å². The van der Waals surface area contributed by atoms with Crippen LogP contribution in [0.4, 0.5) is 0 Å². The Labute approximate surface area is 118 Å². The molecule has 0 amide bonds. The molecule has 2 rings (SSSR count). The molecule has 2 nitrogen and oxygen atoms in total. The van der Waals surface area contributed by atoms with E-state index in [1.54, 1.807) is 18.2 Å². The van der Waals surface area contributed by atoms with Crippen LogP contribution in [0, 0.1) is 0 Å². The maximum atomic E-state index is 9.72. The van der Waals surface area contributed by atoms with Crippen molar-refractivity contribution in [3.05, 3.63) is 46.2 Å². The Kier molecular flexibility index (Phi) is 4.83. The van der Waals surface area contributed by atoms with Gasteiger partial charge < -0.3 is 9.76 Å². The predicted molar refractivity (Wildman–Crippen MR) is 84.3 cm³/mol. The van der Waals surface area contributed by atoms with Crippen LogP contribution in [0.2, 0.25) is 6.82 Å². The van der Waals surface area contributed by atoms with Crippen molar-refractivity contribution in [2.75, 3.05) is 6.61 Å². The van der Waals surface area contributed by atoms with E-state index in [9.17, 15) is 5.02 Å². The van der Waals surface area contributed by atoms with Gasteiger partial charge in [-0.15, -0.1) is 0 Å². The smallest absolute Gasteiger partial charge is 0.320 e. The van der Waals surface area contributed by atoms with Crippen molar-refractivity contribution < 1.29 is 9.76 Å². The zero-order valence-corrected chi connectivity index (χ0v) is 12.0. The van der Waals surface area contributed by atoms with Gasteiger partial charge in [0.2, 0.25) is 0 Å². The van der Waals surface area contributed by atoms with Crippen molar-refractivity contribution in [1.82, 2.24) is 0 Å². The molecule has 0 saturated heterocycles. The summed E-state index contributed by atoms with van der Waals surface area (Å²) in [5.41, 5.74) is 3.09. The molecule has 0 aliphatic carbocycles. The first-order valence-corrected chi connectivity index (χ1v) is 7.29. The lowest BCUT2D eigenvalue weighted by atomic mass is 9.64. The SMILES string of the molecule is CCOc1cc(/C=C/c2ccsc2)cc(B(C)O)c1. The fourth-order valence-electron chi connectivity index (χ4n) is 1.80. The largest absolute Gasteiger partial charge is 0.494 e. The first-order valence-electron chi connectivity index (χ1n) is 6.35. The molecule has 1 N–H and O–H groups in total. The van der Waals surface area contributed by atoms with Crippen molar-refractivity contribution in [3.8, 4) is 5.75 Å². The fraction of sp³-hybridized carbons (Fsp3) is 0.200. The van der Waals surface area contributed by atoms with E-state index in [0.29, 0.717) is 6.61 Å². The van der Waals surface area contributed by atoms with E-state index in [1.165, 1.54) is 5.56 Å². The minimum atomic E-state index is -0.492. The lowest BCUT2D eigenvalue weighted by Crippen LogP contribution is -2.26. The molecular formula is C15H17BO2S. The zero-order chi connectivity index (χ0) is 13.7. The molecule has 2 aromatic rings. The average molecular weight is 272 g/mol. The molecule has 0 aliphatic heterocycles. The second-order valence-corrected chi connectivity index (χ2v) is 5.11. The quantitative estimate of drug-likeness (QED) is 0.847. The molecule has 0 fully saturated rings. The third-order valence-corrected chi connectivity index (χ3v) is 3.46. The van der Waals surface area contributed by atoms with Gasteiger partial charge in [-0.25, -0.2) is 0 Å². The Morgan fingerprint density at radius 2 is 2.05 bits per heavy atom. The third kappa shape index (κ3) is 3.98. The van der Waals surface area contributed by atoms with Crippen LogP contribution in [0.25, 0.3) is 12.2 Å². The topological polar surface area (TPSA) is 29.5 Å². The second-order valence-electron chi connectivity index (χ2n) is 4.33. The van der Waals surface area contributed by atoms with Crippen molar-refractivity contribution in [2.24, 2.45) is 0 Å². The van der Waals surface area contributed by atoms with Gasteiger partial charge in [0.1, 0.15) is 5.75 Å². The summed E-state index contributed by atoms with van der Waals surface area (Å²) in [6.45, 7) is 3.85. The van der Waals surface area contributed by atoms with Gasteiger partial charge in [0, 0.05) is 0 Å². The lowest BCUT2D eigenvalue weighted by molar-refractivity contribution is 0.340. The molecule has 4 heteroatoms. The van der Waals surface area contributed by atoms with Crippen LogP contribution in [0.15, 0.2) is 35.0 Å². The minimum Gasteiger partial charge on any atom is -0.494 e. The minimum absolute atomic E-state index is 0.492. The molecule has 0 bridgehead atoms. The van der Waals surface area contributed by atoms with Crippen molar-refractivity contribution in [2.45, 2.75) is 13.7 Å². The molecule has 1 aromatic heterocycles. The summed E-state index contributed by atoms with van der Waals surface area (Å²) in [6.07, 6.45) is 4.10. The molecule has 1 heterocycles. The van der Waals surface area contributed by atoms with Crippen LogP contribution in [-0.2, 0) is 0 Å². The van der Waals surface area contributed by atoms with E-state index in [1.807, 2.05) is 31.2 Å². The summed E-state index contributed by atoms with van der Waals surface area (Å²) in [4.78, 5) is 0. The molecule has 0 aliphatic rings. The Morgan fingerprint density at radius 1 is 1.26 bits per heavy atom. The summed E-state index contributed by atoms with van der Waals surface area (Å²) in [6, 6.07) is 7.92. The molecule has 0 saturated carbocycles. The number of thiophene rings is 1. The second kappa shape index (κ2) is 6.59. The number of benzene rings is 1. The van der Waals surface area contributed by atoms with Crippen molar-refractivity contribution >= 4 is 35.9 Å². The highest BCUT2D eigenvalue weighted by atomic mass is 32.1.